The monoisotopic (exact) mass is 290 g/mol. The normalized spacial score (nSPS) is 24.9. The van der Waals surface area contributed by atoms with Gasteiger partial charge in [0.05, 0.1) is 12.6 Å². The van der Waals surface area contributed by atoms with Crippen LogP contribution in [0.2, 0.25) is 0 Å². The first-order valence-corrected chi connectivity index (χ1v) is 8.35. The van der Waals surface area contributed by atoms with Crippen LogP contribution in [-0.4, -0.2) is 39.9 Å². The summed E-state index contributed by atoms with van der Waals surface area (Å²) in [6.07, 6.45) is 13.3. The smallest absolute Gasteiger partial charge is 0.234 e. The predicted molar refractivity (Wildman–Crippen MR) is 81.8 cm³/mol. The van der Waals surface area contributed by atoms with Crippen LogP contribution in [0.1, 0.15) is 63.2 Å². The van der Waals surface area contributed by atoms with Crippen LogP contribution in [0.4, 0.5) is 0 Å². The van der Waals surface area contributed by atoms with Crippen LogP contribution in [0.3, 0.4) is 0 Å². The summed E-state index contributed by atoms with van der Waals surface area (Å²) >= 11 is 0. The average Bonchev–Trinajstić information content (AvgIpc) is 3.03. The number of H-pyrrole nitrogens is 1. The van der Waals surface area contributed by atoms with Gasteiger partial charge < -0.3 is 10.3 Å². The topological polar surface area (TPSA) is 61.0 Å². The fraction of sp³-hybridized carbons (Fsp3) is 0.750. The summed E-state index contributed by atoms with van der Waals surface area (Å²) in [6.45, 7) is 1.49. The molecule has 2 fully saturated rings. The zero-order valence-corrected chi connectivity index (χ0v) is 12.7. The van der Waals surface area contributed by atoms with Crippen LogP contribution < -0.4 is 5.32 Å². The molecule has 1 amide bonds. The Morgan fingerprint density at radius 2 is 2.05 bits per heavy atom. The number of nitrogens with one attached hydrogen (secondary N) is 2. The van der Waals surface area contributed by atoms with E-state index in [1.54, 1.807) is 6.20 Å². The van der Waals surface area contributed by atoms with Gasteiger partial charge in [0.15, 0.2) is 0 Å². The number of carbonyl (C=O) groups excluding carboxylic acids is 1. The van der Waals surface area contributed by atoms with Crippen molar-refractivity contribution in [2.45, 2.75) is 63.5 Å². The number of nitrogens with zero attached hydrogens (tertiary/aromatic N) is 2. The lowest BCUT2D eigenvalue weighted by Gasteiger charge is -2.34. The number of hydrogen-bond donors (Lipinski definition) is 2. The molecule has 116 valence electrons. The minimum atomic E-state index is 0.181. The number of aromatic amines is 1. The second-order valence-electron chi connectivity index (χ2n) is 6.36. The zero-order valence-electron chi connectivity index (χ0n) is 12.7. The summed E-state index contributed by atoms with van der Waals surface area (Å²) in [4.78, 5) is 22.2. The third-order valence-corrected chi connectivity index (χ3v) is 4.77. The molecule has 5 heteroatoms. The van der Waals surface area contributed by atoms with Gasteiger partial charge in [0.25, 0.3) is 0 Å². The lowest BCUT2D eigenvalue weighted by Crippen LogP contribution is -2.45. The summed E-state index contributed by atoms with van der Waals surface area (Å²) in [7, 11) is 0. The van der Waals surface area contributed by atoms with Gasteiger partial charge in [-0.05, 0) is 32.2 Å². The van der Waals surface area contributed by atoms with Gasteiger partial charge in [-0.1, -0.05) is 25.7 Å². The van der Waals surface area contributed by atoms with Crippen molar-refractivity contribution in [2.24, 2.45) is 0 Å². The Bertz CT molecular complexity index is 439. The van der Waals surface area contributed by atoms with E-state index in [2.05, 4.69) is 20.2 Å². The molecule has 21 heavy (non-hydrogen) atoms. The van der Waals surface area contributed by atoms with Gasteiger partial charge in [-0.25, -0.2) is 4.98 Å². The van der Waals surface area contributed by atoms with E-state index in [-0.39, 0.29) is 11.9 Å². The molecule has 2 N–H and O–H groups in total. The Balaban J connectivity index is 1.55. The first-order valence-electron chi connectivity index (χ1n) is 8.35. The number of carbonyl (C=O) groups is 1. The molecule has 3 rings (SSSR count). The molecule has 1 aliphatic carbocycles. The van der Waals surface area contributed by atoms with Gasteiger partial charge in [0.2, 0.25) is 5.91 Å². The number of aromatic nitrogens is 2. The maximum Gasteiger partial charge on any atom is 0.234 e. The van der Waals surface area contributed by atoms with Crippen molar-refractivity contribution < 1.29 is 4.79 Å². The number of piperidine rings is 1. The van der Waals surface area contributed by atoms with Crippen LogP contribution in [0, 0.1) is 0 Å². The van der Waals surface area contributed by atoms with Gasteiger partial charge in [-0.15, -0.1) is 0 Å². The lowest BCUT2D eigenvalue weighted by atomic mass is 9.95. The van der Waals surface area contributed by atoms with Crippen LogP contribution in [0.25, 0.3) is 0 Å². The summed E-state index contributed by atoms with van der Waals surface area (Å²) < 4.78 is 0. The fourth-order valence-corrected chi connectivity index (χ4v) is 3.65. The highest BCUT2D eigenvalue weighted by Crippen LogP contribution is 2.28. The lowest BCUT2D eigenvalue weighted by molar-refractivity contribution is -0.124. The number of rotatable bonds is 4. The minimum Gasteiger partial charge on any atom is -0.352 e. The van der Waals surface area contributed by atoms with Gasteiger partial charge in [0, 0.05) is 18.4 Å². The maximum absolute atomic E-state index is 12.3. The van der Waals surface area contributed by atoms with E-state index in [1.807, 2.05) is 6.20 Å². The Morgan fingerprint density at radius 1 is 1.24 bits per heavy atom. The number of likely N-dealkylation sites (tertiary alicyclic amines) is 1. The second-order valence-corrected chi connectivity index (χ2v) is 6.36. The number of amides is 1. The van der Waals surface area contributed by atoms with Crippen molar-refractivity contribution in [2.75, 3.05) is 13.1 Å². The Hall–Kier alpha value is -1.36. The Kier molecular flexibility index (Phi) is 4.91. The van der Waals surface area contributed by atoms with E-state index < -0.39 is 0 Å². The van der Waals surface area contributed by atoms with Crippen LogP contribution >= 0.6 is 0 Å². The Morgan fingerprint density at radius 3 is 2.81 bits per heavy atom. The van der Waals surface area contributed by atoms with E-state index in [0.29, 0.717) is 12.6 Å². The van der Waals surface area contributed by atoms with Crippen molar-refractivity contribution in [3.63, 3.8) is 0 Å². The molecule has 2 aliphatic rings. The summed E-state index contributed by atoms with van der Waals surface area (Å²) in [5.74, 6) is 1.18. The van der Waals surface area contributed by atoms with Crippen molar-refractivity contribution >= 4 is 5.91 Å². The summed E-state index contributed by atoms with van der Waals surface area (Å²) in [5, 5.41) is 3.22. The van der Waals surface area contributed by atoms with Crippen LogP contribution in [0.15, 0.2) is 12.4 Å². The quantitative estimate of drug-likeness (QED) is 0.895. The third-order valence-electron chi connectivity index (χ3n) is 4.77. The van der Waals surface area contributed by atoms with Crippen molar-refractivity contribution in [1.82, 2.24) is 20.2 Å². The molecule has 1 atom stereocenters. The number of hydrogen-bond acceptors (Lipinski definition) is 3. The van der Waals surface area contributed by atoms with Gasteiger partial charge in [-0.3, -0.25) is 9.69 Å². The molecular formula is C16H26N4O. The van der Waals surface area contributed by atoms with Crippen LogP contribution in [-0.2, 0) is 4.79 Å². The fourth-order valence-electron chi connectivity index (χ4n) is 3.65. The molecule has 1 aromatic rings. The van der Waals surface area contributed by atoms with E-state index in [4.69, 9.17) is 0 Å². The molecule has 1 unspecified atom stereocenters. The SMILES string of the molecule is O=C(CN1CCCCC1c1ncc[nH]1)NC1CCCCC1. The van der Waals surface area contributed by atoms with E-state index in [9.17, 15) is 4.79 Å². The van der Waals surface area contributed by atoms with E-state index >= 15 is 0 Å². The highest BCUT2D eigenvalue weighted by atomic mass is 16.2. The third kappa shape index (κ3) is 3.84. The van der Waals surface area contributed by atoms with Gasteiger partial charge in [-0.2, -0.15) is 0 Å². The molecule has 1 saturated carbocycles. The predicted octanol–water partition coefficient (Wildman–Crippen LogP) is 2.39. The molecule has 1 aliphatic heterocycles. The molecule has 0 aromatic carbocycles. The molecule has 0 spiro atoms. The van der Waals surface area contributed by atoms with Crippen LogP contribution in [0.5, 0.6) is 0 Å². The minimum absolute atomic E-state index is 0.181. The largest absolute Gasteiger partial charge is 0.352 e. The number of imidazole rings is 1. The van der Waals surface area contributed by atoms with Crippen molar-refractivity contribution in [3.8, 4) is 0 Å². The maximum atomic E-state index is 12.3. The summed E-state index contributed by atoms with van der Waals surface area (Å²) in [6, 6.07) is 0.670. The molecular weight excluding hydrogens is 264 g/mol. The van der Waals surface area contributed by atoms with Crippen molar-refractivity contribution in [1.29, 1.82) is 0 Å². The average molecular weight is 290 g/mol. The van der Waals surface area contributed by atoms with E-state index in [0.717, 1.165) is 31.6 Å². The first-order chi connectivity index (χ1) is 10.3. The first kappa shape index (κ1) is 14.6. The molecule has 0 radical (unpaired) electrons. The van der Waals surface area contributed by atoms with Gasteiger partial charge in [0.1, 0.15) is 5.82 Å². The summed E-state index contributed by atoms with van der Waals surface area (Å²) in [5.41, 5.74) is 0. The highest BCUT2D eigenvalue weighted by Gasteiger charge is 2.27. The highest BCUT2D eigenvalue weighted by molar-refractivity contribution is 5.78. The molecule has 2 heterocycles. The molecule has 5 nitrogen and oxygen atoms in total. The van der Waals surface area contributed by atoms with Gasteiger partial charge >= 0.3 is 0 Å². The van der Waals surface area contributed by atoms with Crippen molar-refractivity contribution in [3.05, 3.63) is 18.2 Å². The zero-order chi connectivity index (χ0) is 14.5. The molecule has 1 saturated heterocycles. The molecule has 1 aromatic heterocycles. The second kappa shape index (κ2) is 7.07. The molecule has 0 bridgehead atoms. The van der Waals surface area contributed by atoms with E-state index in [1.165, 1.54) is 32.1 Å². The standard InChI is InChI=1S/C16H26N4O/c21-15(19-13-6-2-1-3-7-13)12-20-11-5-4-8-14(20)16-17-9-10-18-16/h9-10,13-14H,1-8,11-12H2,(H,17,18)(H,19,21). The Labute approximate surface area is 126 Å².